The molecular formula is C34H39N5O5S. The molecule has 2 amide bonds. The van der Waals surface area contributed by atoms with E-state index in [-0.39, 0.29) is 24.8 Å². The molecule has 0 bridgehead atoms. The van der Waals surface area contributed by atoms with Gasteiger partial charge in [-0.3, -0.25) is 19.4 Å². The highest BCUT2D eigenvalue weighted by Crippen LogP contribution is 2.30. The highest BCUT2D eigenvalue weighted by Gasteiger charge is 2.44. The number of esters is 1. The summed E-state index contributed by atoms with van der Waals surface area (Å²) in [5.41, 5.74) is 2.76. The Morgan fingerprint density at radius 2 is 1.62 bits per heavy atom. The average molecular weight is 630 g/mol. The Bertz CT molecular complexity index is 1490. The first-order valence-corrected chi connectivity index (χ1v) is 15.7. The molecule has 2 aliphatic heterocycles. The number of amides is 2. The molecule has 0 radical (unpaired) electrons. The summed E-state index contributed by atoms with van der Waals surface area (Å²) in [5.74, 6) is -0.393. The molecule has 3 aromatic rings. The van der Waals surface area contributed by atoms with E-state index in [0.717, 1.165) is 39.1 Å². The summed E-state index contributed by atoms with van der Waals surface area (Å²) in [4.78, 5) is 47.3. The Hall–Kier alpha value is -4.48. The zero-order valence-corrected chi connectivity index (χ0v) is 26.5. The van der Waals surface area contributed by atoms with Gasteiger partial charge in [-0.25, -0.2) is 4.79 Å². The summed E-state index contributed by atoms with van der Waals surface area (Å²) < 4.78 is 10.4. The number of anilines is 3. The number of nitrogens with zero attached hydrogens (tertiary/aromatic N) is 4. The van der Waals surface area contributed by atoms with Gasteiger partial charge in [-0.15, -0.1) is 0 Å². The van der Waals surface area contributed by atoms with Crippen LogP contribution in [0.15, 0.2) is 78.9 Å². The first kappa shape index (κ1) is 31.9. The molecular weight excluding hydrogens is 590 g/mol. The Balaban J connectivity index is 1.23. The number of benzene rings is 3. The maximum atomic E-state index is 13.8. The summed E-state index contributed by atoms with van der Waals surface area (Å²) in [6, 6.07) is 23.4. The van der Waals surface area contributed by atoms with Crippen LogP contribution in [-0.2, 0) is 14.3 Å². The number of rotatable bonds is 12. The van der Waals surface area contributed by atoms with Crippen LogP contribution in [0.25, 0.3) is 0 Å². The molecule has 5 rings (SSSR count). The monoisotopic (exact) mass is 629 g/mol. The van der Waals surface area contributed by atoms with Crippen molar-refractivity contribution in [3.63, 3.8) is 0 Å². The molecule has 45 heavy (non-hydrogen) atoms. The number of methoxy groups -OCH3 is 1. The fraction of sp³-hybridized carbons (Fsp3) is 0.353. The second-order valence-corrected chi connectivity index (χ2v) is 11.3. The van der Waals surface area contributed by atoms with E-state index < -0.39 is 12.0 Å². The minimum absolute atomic E-state index is 0.0746. The Labute approximate surface area is 269 Å². The zero-order chi connectivity index (χ0) is 31.8. The van der Waals surface area contributed by atoms with Crippen molar-refractivity contribution in [2.24, 2.45) is 0 Å². The number of piperazine rings is 1. The summed E-state index contributed by atoms with van der Waals surface area (Å²) in [5, 5.41) is 3.23. The van der Waals surface area contributed by atoms with Gasteiger partial charge in [0, 0.05) is 50.2 Å². The van der Waals surface area contributed by atoms with Crippen molar-refractivity contribution in [3.8, 4) is 5.75 Å². The average Bonchev–Trinajstić information content (AvgIpc) is 3.29. The number of hydrogen-bond acceptors (Lipinski definition) is 8. The second kappa shape index (κ2) is 15.0. The van der Waals surface area contributed by atoms with Crippen molar-refractivity contribution >= 4 is 52.2 Å². The van der Waals surface area contributed by atoms with Crippen LogP contribution in [0.5, 0.6) is 5.75 Å². The molecule has 10 nitrogen and oxygen atoms in total. The lowest BCUT2D eigenvalue weighted by Gasteiger charge is -2.36. The quantitative estimate of drug-likeness (QED) is 0.231. The Morgan fingerprint density at radius 3 is 2.31 bits per heavy atom. The van der Waals surface area contributed by atoms with Crippen molar-refractivity contribution in [2.45, 2.75) is 25.8 Å². The topological polar surface area (TPSA) is 94.7 Å². The molecule has 1 atom stereocenters. The van der Waals surface area contributed by atoms with Gasteiger partial charge in [0.15, 0.2) is 5.11 Å². The minimum atomic E-state index is -0.752. The fourth-order valence-electron chi connectivity index (χ4n) is 5.70. The molecule has 0 unspecified atom stereocenters. The van der Waals surface area contributed by atoms with Crippen molar-refractivity contribution < 1.29 is 23.9 Å². The Morgan fingerprint density at radius 1 is 0.911 bits per heavy atom. The molecule has 2 fully saturated rings. The largest absolute Gasteiger partial charge is 0.497 e. The first-order valence-electron chi connectivity index (χ1n) is 15.3. The van der Waals surface area contributed by atoms with Crippen LogP contribution in [0.3, 0.4) is 0 Å². The zero-order valence-electron chi connectivity index (χ0n) is 25.7. The van der Waals surface area contributed by atoms with E-state index in [4.69, 9.17) is 21.7 Å². The van der Waals surface area contributed by atoms with E-state index in [9.17, 15) is 14.4 Å². The standard InChI is InChI=1S/C34H39N5O5S/c1-3-44-33(42)25-13-15-26(16-14-25)35-31(40)24-30-32(41)39(28-11-7-12-29(23-28)43-2)34(45)38(30)18-8-17-36-19-21-37(22-20-36)27-9-5-4-6-10-27/h4-7,9-16,23,30H,3,8,17-22,24H2,1-2H3,(H,35,40)/t30-/m0/s1. The van der Waals surface area contributed by atoms with Gasteiger partial charge in [0.2, 0.25) is 5.91 Å². The third-order valence-corrected chi connectivity index (χ3v) is 8.47. The van der Waals surface area contributed by atoms with Crippen LogP contribution in [-0.4, -0.2) is 91.7 Å². The molecule has 11 heteroatoms. The van der Waals surface area contributed by atoms with E-state index in [0.29, 0.717) is 34.3 Å². The highest BCUT2D eigenvalue weighted by molar-refractivity contribution is 7.80. The summed E-state index contributed by atoms with van der Waals surface area (Å²) in [6.07, 6.45) is 0.715. The lowest BCUT2D eigenvalue weighted by molar-refractivity contribution is -0.124. The van der Waals surface area contributed by atoms with E-state index in [1.807, 2.05) is 23.1 Å². The third-order valence-electron chi connectivity index (χ3n) is 8.06. The van der Waals surface area contributed by atoms with Crippen molar-refractivity contribution in [3.05, 3.63) is 84.4 Å². The van der Waals surface area contributed by atoms with E-state index >= 15 is 0 Å². The Kier molecular flexibility index (Phi) is 10.6. The van der Waals surface area contributed by atoms with Gasteiger partial charge in [-0.1, -0.05) is 24.3 Å². The van der Waals surface area contributed by atoms with Gasteiger partial charge in [-0.05, 0) is 80.6 Å². The molecule has 0 spiro atoms. The smallest absolute Gasteiger partial charge is 0.338 e. The van der Waals surface area contributed by atoms with Gasteiger partial charge >= 0.3 is 5.97 Å². The second-order valence-electron chi connectivity index (χ2n) is 10.9. The van der Waals surface area contributed by atoms with E-state index in [1.54, 1.807) is 50.4 Å². The van der Waals surface area contributed by atoms with Crippen LogP contribution < -0.4 is 19.9 Å². The van der Waals surface area contributed by atoms with E-state index in [2.05, 4.69) is 39.4 Å². The molecule has 0 saturated carbocycles. The minimum Gasteiger partial charge on any atom is -0.497 e. The third kappa shape index (κ3) is 7.79. The maximum Gasteiger partial charge on any atom is 0.338 e. The fourth-order valence-corrected chi connectivity index (χ4v) is 6.11. The number of nitrogens with one attached hydrogen (secondary N) is 1. The molecule has 0 aliphatic carbocycles. The SMILES string of the molecule is CCOC(=O)c1ccc(NC(=O)C[C@H]2C(=O)N(c3cccc(OC)c3)C(=S)N2CCCN2CCN(c3ccccc3)CC2)cc1. The number of carbonyl (C=O) groups excluding carboxylic acids is 3. The van der Waals surface area contributed by atoms with Gasteiger partial charge in [0.1, 0.15) is 11.8 Å². The van der Waals surface area contributed by atoms with Crippen LogP contribution in [0.2, 0.25) is 0 Å². The van der Waals surface area contributed by atoms with Crippen LogP contribution in [0, 0.1) is 0 Å². The summed E-state index contributed by atoms with van der Waals surface area (Å²) >= 11 is 5.85. The molecule has 2 saturated heterocycles. The lowest BCUT2D eigenvalue weighted by Crippen LogP contribution is -2.47. The molecule has 2 heterocycles. The van der Waals surface area contributed by atoms with Gasteiger partial charge in [0.25, 0.3) is 5.91 Å². The first-order chi connectivity index (χ1) is 21.9. The molecule has 2 aliphatic rings. The predicted molar refractivity (Wildman–Crippen MR) is 179 cm³/mol. The van der Waals surface area contributed by atoms with Crippen LogP contribution in [0.1, 0.15) is 30.1 Å². The van der Waals surface area contributed by atoms with Crippen molar-refractivity contribution in [2.75, 3.05) is 68.1 Å². The number of hydrogen-bond donors (Lipinski definition) is 1. The van der Waals surface area contributed by atoms with Crippen molar-refractivity contribution in [1.82, 2.24) is 9.80 Å². The molecule has 1 N–H and O–H groups in total. The maximum absolute atomic E-state index is 13.8. The van der Waals surface area contributed by atoms with Gasteiger partial charge in [-0.2, -0.15) is 0 Å². The van der Waals surface area contributed by atoms with E-state index in [1.165, 1.54) is 10.6 Å². The molecule has 0 aromatic heterocycles. The van der Waals surface area contributed by atoms with Crippen molar-refractivity contribution in [1.29, 1.82) is 0 Å². The lowest BCUT2D eigenvalue weighted by atomic mass is 10.1. The number of thiocarbonyl (C=S) groups is 1. The molecule has 236 valence electrons. The van der Waals surface area contributed by atoms with Gasteiger partial charge in [0.05, 0.1) is 31.4 Å². The van der Waals surface area contributed by atoms with Crippen LogP contribution in [0.4, 0.5) is 17.1 Å². The molecule has 3 aromatic carbocycles. The number of para-hydroxylation sites is 1. The predicted octanol–water partition coefficient (Wildman–Crippen LogP) is 4.42. The summed E-state index contributed by atoms with van der Waals surface area (Å²) in [6.45, 7) is 7.24. The summed E-state index contributed by atoms with van der Waals surface area (Å²) in [7, 11) is 1.57. The van der Waals surface area contributed by atoms with Crippen LogP contribution >= 0.6 is 12.2 Å². The number of carbonyl (C=O) groups is 3. The highest BCUT2D eigenvalue weighted by atomic mass is 32.1. The van der Waals surface area contributed by atoms with Gasteiger partial charge < -0.3 is 24.6 Å². The normalized spacial score (nSPS) is 17.0. The number of ether oxygens (including phenoxy) is 2.